The van der Waals surface area contributed by atoms with E-state index >= 15 is 0 Å². The van der Waals surface area contributed by atoms with Gasteiger partial charge in [-0.25, -0.2) is 4.79 Å². The van der Waals surface area contributed by atoms with Gasteiger partial charge in [0.2, 0.25) is 0 Å². The maximum absolute atomic E-state index is 11.0. The van der Waals surface area contributed by atoms with Crippen LogP contribution in [-0.2, 0) is 0 Å². The standard InChI is InChI=1S/C13H18ClNO2S/c1-18-8-4-2-3-7-15-12-6-5-10(14)9-11(12)13(16)17/h5-6,9,15H,2-4,7-8H2,1H3,(H,16,17). The first-order valence-electron chi connectivity index (χ1n) is 5.91. The van der Waals surface area contributed by atoms with Crippen LogP contribution < -0.4 is 5.32 Å². The largest absolute Gasteiger partial charge is 0.478 e. The normalized spacial score (nSPS) is 10.3. The molecule has 0 atom stereocenters. The molecule has 100 valence electrons. The molecular weight excluding hydrogens is 270 g/mol. The fraction of sp³-hybridized carbons (Fsp3) is 0.462. The van der Waals surface area contributed by atoms with Crippen molar-refractivity contribution in [3.63, 3.8) is 0 Å². The van der Waals surface area contributed by atoms with E-state index < -0.39 is 5.97 Å². The number of hydrogen-bond acceptors (Lipinski definition) is 3. The van der Waals surface area contributed by atoms with Crippen molar-refractivity contribution in [3.05, 3.63) is 28.8 Å². The highest BCUT2D eigenvalue weighted by Crippen LogP contribution is 2.20. The molecule has 2 N–H and O–H groups in total. The van der Waals surface area contributed by atoms with Crippen LogP contribution in [0, 0.1) is 0 Å². The van der Waals surface area contributed by atoms with Gasteiger partial charge in [-0.1, -0.05) is 18.0 Å². The molecule has 0 aliphatic heterocycles. The minimum absolute atomic E-state index is 0.228. The Morgan fingerprint density at radius 1 is 1.39 bits per heavy atom. The number of anilines is 1. The first-order valence-corrected chi connectivity index (χ1v) is 7.68. The lowest BCUT2D eigenvalue weighted by molar-refractivity contribution is 0.0698. The third-order valence-electron chi connectivity index (χ3n) is 2.55. The lowest BCUT2D eigenvalue weighted by atomic mass is 10.1. The highest BCUT2D eigenvalue weighted by Gasteiger charge is 2.09. The third kappa shape index (κ3) is 5.19. The van der Waals surface area contributed by atoms with Crippen LogP contribution in [0.5, 0.6) is 0 Å². The molecule has 1 aromatic carbocycles. The highest BCUT2D eigenvalue weighted by molar-refractivity contribution is 7.98. The molecule has 18 heavy (non-hydrogen) atoms. The minimum atomic E-state index is -0.956. The molecule has 0 saturated carbocycles. The summed E-state index contributed by atoms with van der Waals surface area (Å²) in [7, 11) is 0. The van der Waals surface area contributed by atoms with Gasteiger partial charge in [0.25, 0.3) is 0 Å². The van der Waals surface area contributed by atoms with Gasteiger partial charge in [-0.2, -0.15) is 11.8 Å². The highest BCUT2D eigenvalue weighted by atomic mass is 35.5. The van der Waals surface area contributed by atoms with E-state index in [9.17, 15) is 4.79 Å². The first kappa shape index (κ1) is 15.2. The molecule has 1 aromatic rings. The second-order valence-corrected chi connectivity index (χ2v) is 5.40. The van der Waals surface area contributed by atoms with Gasteiger partial charge in [0, 0.05) is 17.3 Å². The maximum atomic E-state index is 11.0. The van der Waals surface area contributed by atoms with E-state index in [0.717, 1.165) is 19.4 Å². The zero-order valence-electron chi connectivity index (χ0n) is 10.4. The van der Waals surface area contributed by atoms with Gasteiger partial charge in [-0.15, -0.1) is 0 Å². The fourth-order valence-corrected chi connectivity index (χ4v) is 2.28. The second-order valence-electron chi connectivity index (χ2n) is 3.98. The van der Waals surface area contributed by atoms with Gasteiger partial charge >= 0.3 is 5.97 Å². The van der Waals surface area contributed by atoms with Gasteiger partial charge in [-0.3, -0.25) is 0 Å². The Kier molecular flexibility index (Phi) is 6.98. The molecule has 0 radical (unpaired) electrons. The van der Waals surface area contributed by atoms with E-state index in [1.165, 1.54) is 18.2 Å². The second kappa shape index (κ2) is 8.27. The zero-order chi connectivity index (χ0) is 13.4. The summed E-state index contributed by atoms with van der Waals surface area (Å²) in [6, 6.07) is 4.89. The average molecular weight is 288 g/mol. The molecule has 0 aliphatic rings. The molecule has 0 unspecified atom stereocenters. The van der Waals surface area contributed by atoms with Crippen molar-refractivity contribution >= 4 is 35.0 Å². The Hall–Kier alpha value is -0.870. The van der Waals surface area contributed by atoms with Crippen LogP contribution in [0.2, 0.25) is 5.02 Å². The maximum Gasteiger partial charge on any atom is 0.337 e. The smallest absolute Gasteiger partial charge is 0.337 e. The predicted molar refractivity (Wildman–Crippen MR) is 79.1 cm³/mol. The number of thioether (sulfide) groups is 1. The summed E-state index contributed by atoms with van der Waals surface area (Å²) in [5.41, 5.74) is 0.864. The van der Waals surface area contributed by atoms with Crippen molar-refractivity contribution in [3.8, 4) is 0 Å². The molecule has 3 nitrogen and oxygen atoms in total. The number of nitrogens with one attached hydrogen (secondary N) is 1. The van der Waals surface area contributed by atoms with E-state index in [4.69, 9.17) is 16.7 Å². The number of unbranched alkanes of at least 4 members (excludes halogenated alkanes) is 2. The number of hydrogen-bond donors (Lipinski definition) is 2. The number of carboxylic acids is 1. The third-order valence-corrected chi connectivity index (χ3v) is 3.48. The molecule has 5 heteroatoms. The Balaban J connectivity index is 2.44. The molecule has 0 heterocycles. The van der Waals surface area contributed by atoms with E-state index in [1.54, 1.807) is 12.1 Å². The van der Waals surface area contributed by atoms with Crippen LogP contribution in [0.4, 0.5) is 5.69 Å². The summed E-state index contributed by atoms with van der Waals surface area (Å²) in [5.74, 6) is 0.226. The zero-order valence-corrected chi connectivity index (χ0v) is 12.0. The fourth-order valence-electron chi connectivity index (χ4n) is 1.62. The van der Waals surface area contributed by atoms with Crippen molar-refractivity contribution < 1.29 is 9.90 Å². The van der Waals surface area contributed by atoms with Gasteiger partial charge in [0.15, 0.2) is 0 Å². The number of rotatable bonds is 8. The summed E-state index contributed by atoms with van der Waals surface area (Å²) in [6.07, 6.45) is 5.51. The SMILES string of the molecule is CSCCCCCNc1ccc(Cl)cc1C(=O)O. The molecule has 0 spiro atoms. The number of benzene rings is 1. The van der Waals surface area contributed by atoms with Gasteiger partial charge in [0.1, 0.15) is 0 Å². The molecule has 1 rings (SSSR count). The van der Waals surface area contributed by atoms with E-state index in [2.05, 4.69) is 11.6 Å². The lowest BCUT2D eigenvalue weighted by Gasteiger charge is -2.09. The van der Waals surface area contributed by atoms with Gasteiger partial charge in [0.05, 0.1) is 5.56 Å². The van der Waals surface area contributed by atoms with Crippen molar-refractivity contribution in [2.75, 3.05) is 23.9 Å². The lowest BCUT2D eigenvalue weighted by Crippen LogP contribution is -2.07. The topological polar surface area (TPSA) is 49.3 Å². The Bertz CT molecular complexity index is 399. The number of carbonyl (C=O) groups is 1. The Morgan fingerprint density at radius 2 is 2.17 bits per heavy atom. The van der Waals surface area contributed by atoms with Crippen LogP contribution in [0.25, 0.3) is 0 Å². The minimum Gasteiger partial charge on any atom is -0.478 e. The predicted octanol–water partition coefficient (Wildman–Crippen LogP) is 3.98. The van der Waals surface area contributed by atoms with Crippen molar-refractivity contribution in [1.82, 2.24) is 0 Å². The molecule has 0 saturated heterocycles. The summed E-state index contributed by atoms with van der Waals surface area (Å²) in [6.45, 7) is 0.788. The van der Waals surface area contributed by atoms with Crippen LogP contribution >= 0.6 is 23.4 Å². The summed E-state index contributed by atoms with van der Waals surface area (Å²) < 4.78 is 0. The van der Waals surface area contributed by atoms with Gasteiger partial charge in [-0.05, 0) is 43.0 Å². The van der Waals surface area contributed by atoms with Crippen LogP contribution in [-0.4, -0.2) is 29.6 Å². The van der Waals surface area contributed by atoms with Crippen molar-refractivity contribution in [2.45, 2.75) is 19.3 Å². The van der Waals surface area contributed by atoms with Crippen LogP contribution in [0.1, 0.15) is 29.6 Å². The molecular formula is C13H18ClNO2S. The Labute approximate surface area is 117 Å². The Morgan fingerprint density at radius 3 is 2.83 bits per heavy atom. The molecule has 0 bridgehead atoms. The van der Waals surface area contributed by atoms with E-state index in [0.29, 0.717) is 10.7 Å². The van der Waals surface area contributed by atoms with E-state index in [1.807, 2.05) is 11.8 Å². The van der Waals surface area contributed by atoms with Crippen molar-refractivity contribution in [1.29, 1.82) is 0 Å². The number of halogens is 1. The summed E-state index contributed by atoms with van der Waals surface area (Å²) >= 11 is 7.64. The molecule has 0 amide bonds. The molecule has 0 aromatic heterocycles. The van der Waals surface area contributed by atoms with E-state index in [-0.39, 0.29) is 5.56 Å². The van der Waals surface area contributed by atoms with Crippen LogP contribution in [0.15, 0.2) is 18.2 Å². The molecule has 0 aliphatic carbocycles. The summed E-state index contributed by atoms with van der Waals surface area (Å²) in [4.78, 5) is 11.0. The summed E-state index contributed by atoms with van der Waals surface area (Å²) in [5, 5.41) is 12.7. The monoisotopic (exact) mass is 287 g/mol. The number of carboxylic acid groups (broad SMARTS) is 1. The van der Waals surface area contributed by atoms with Gasteiger partial charge < -0.3 is 10.4 Å². The molecule has 0 fully saturated rings. The average Bonchev–Trinajstić information content (AvgIpc) is 2.35. The first-order chi connectivity index (χ1) is 8.65. The van der Waals surface area contributed by atoms with Crippen molar-refractivity contribution in [2.24, 2.45) is 0 Å². The number of aromatic carboxylic acids is 1. The van der Waals surface area contributed by atoms with Crippen LogP contribution in [0.3, 0.4) is 0 Å². The quantitative estimate of drug-likeness (QED) is 0.710.